The van der Waals surface area contributed by atoms with Crippen molar-refractivity contribution in [3.05, 3.63) is 28.8 Å². The van der Waals surface area contributed by atoms with Crippen molar-refractivity contribution in [3.63, 3.8) is 0 Å². The second-order valence-electron chi connectivity index (χ2n) is 3.46. The van der Waals surface area contributed by atoms with Crippen LogP contribution in [0.5, 0.6) is 5.75 Å². The summed E-state index contributed by atoms with van der Waals surface area (Å²) < 4.78 is 42.1. The first-order chi connectivity index (χ1) is 6.97. The van der Waals surface area contributed by atoms with Crippen molar-refractivity contribution in [3.8, 4) is 5.75 Å². The van der Waals surface area contributed by atoms with Crippen LogP contribution in [0.1, 0.15) is 18.4 Å². The van der Waals surface area contributed by atoms with Crippen LogP contribution in [0, 0.1) is 0 Å². The molecule has 0 unspecified atom stereocenters. The Kier molecular flexibility index (Phi) is 2.54. The van der Waals surface area contributed by atoms with Crippen molar-refractivity contribution in [2.45, 2.75) is 25.1 Å². The molecule has 82 valence electrons. The van der Waals surface area contributed by atoms with Gasteiger partial charge in [-0.15, -0.1) is 0 Å². The van der Waals surface area contributed by atoms with E-state index in [0.717, 1.165) is 25.0 Å². The SMILES string of the molecule is FC(F)(F)c1ccc(OC2CC2)c(Cl)c1. The molecule has 0 spiro atoms. The predicted molar refractivity (Wildman–Crippen MR) is 50.1 cm³/mol. The summed E-state index contributed by atoms with van der Waals surface area (Å²) in [6.07, 6.45) is -2.35. The Labute approximate surface area is 89.8 Å². The van der Waals surface area contributed by atoms with E-state index in [1.54, 1.807) is 0 Å². The molecule has 1 aliphatic rings. The van der Waals surface area contributed by atoms with Crippen LogP contribution in [0.25, 0.3) is 0 Å². The van der Waals surface area contributed by atoms with Gasteiger partial charge in [0.15, 0.2) is 0 Å². The Balaban J connectivity index is 2.21. The van der Waals surface area contributed by atoms with Crippen LogP contribution in [0.3, 0.4) is 0 Å². The van der Waals surface area contributed by atoms with E-state index in [2.05, 4.69) is 0 Å². The maximum absolute atomic E-state index is 12.3. The van der Waals surface area contributed by atoms with Gasteiger partial charge in [-0.05, 0) is 31.0 Å². The maximum atomic E-state index is 12.3. The summed E-state index contributed by atoms with van der Waals surface area (Å²) in [4.78, 5) is 0. The smallest absolute Gasteiger partial charge is 0.416 e. The molecule has 1 aliphatic carbocycles. The average Bonchev–Trinajstić information content (AvgIpc) is 2.90. The van der Waals surface area contributed by atoms with Gasteiger partial charge in [-0.3, -0.25) is 0 Å². The molecule has 1 nitrogen and oxygen atoms in total. The fourth-order valence-electron chi connectivity index (χ4n) is 1.14. The first-order valence-corrected chi connectivity index (χ1v) is 4.88. The first-order valence-electron chi connectivity index (χ1n) is 4.50. The number of alkyl halides is 3. The molecule has 1 aromatic carbocycles. The summed E-state index contributed by atoms with van der Waals surface area (Å²) in [6.45, 7) is 0. The Morgan fingerprint density at radius 1 is 1.27 bits per heavy atom. The minimum Gasteiger partial charge on any atom is -0.489 e. The van der Waals surface area contributed by atoms with Crippen LogP contribution >= 0.6 is 11.6 Å². The summed E-state index contributed by atoms with van der Waals surface area (Å²) in [5.41, 5.74) is -0.754. The number of rotatable bonds is 2. The molecule has 0 bridgehead atoms. The molecule has 15 heavy (non-hydrogen) atoms. The molecule has 0 radical (unpaired) electrons. The van der Waals surface area contributed by atoms with Crippen molar-refractivity contribution in [2.24, 2.45) is 0 Å². The van der Waals surface area contributed by atoms with Gasteiger partial charge in [0, 0.05) is 0 Å². The zero-order valence-corrected chi connectivity index (χ0v) is 8.40. The molecule has 0 heterocycles. The number of ether oxygens (including phenoxy) is 1. The number of halogens is 4. The quantitative estimate of drug-likeness (QED) is 0.757. The van der Waals surface area contributed by atoms with Crippen LogP contribution in [-0.4, -0.2) is 6.10 Å². The van der Waals surface area contributed by atoms with E-state index in [-0.39, 0.29) is 11.1 Å². The molecule has 0 amide bonds. The lowest BCUT2D eigenvalue weighted by atomic mass is 10.2. The van der Waals surface area contributed by atoms with E-state index in [1.165, 1.54) is 6.07 Å². The molecule has 0 atom stereocenters. The molecular formula is C10H8ClF3O. The van der Waals surface area contributed by atoms with Gasteiger partial charge in [0.1, 0.15) is 5.75 Å². The van der Waals surface area contributed by atoms with Crippen molar-refractivity contribution in [1.82, 2.24) is 0 Å². The van der Waals surface area contributed by atoms with Gasteiger partial charge in [-0.1, -0.05) is 11.6 Å². The summed E-state index contributed by atoms with van der Waals surface area (Å²) in [7, 11) is 0. The van der Waals surface area contributed by atoms with Crippen LogP contribution in [-0.2, 0) is 6.18 Å². The van der Waals surface area contributed by atoms with Crippen LogP contribution in [0.2, 0.25) is 5.02 Å². The summed E-state index contributed by atoms with van der Waals surface area (Å²) in [6, 6.07) is 3.13. The third-order valence-corrected chi connectivity index (χ3v) is 2.37. The van der Waals surface area contributed by atoms with E-state index < -0.39 is 11.7 Å². The van der Waals surface area contributed by atoms with Gasteiger partial charge >= 0.3 is 6.18 Å². The largest absolute Gasteiger partial charge is 0.489 e. The topological polar surface area (TPSA) is 9.23 Å². The van der Waals surface area contributed by atoms with Crippen LogP contribution in [0.15, 0.2) is 18.2 Å². The highest BCUT2D eigenvalue weighted by atomic mass is 35.5. The van der Waals surface area contributed by atoms with Crippen LogP contribution < -0.4 is 4.74 Å². The maximum Gasteiger partial charge on any atom is 0.416 e. The number of hydrogen-bond acceptors (Lipinski definition) is 1. The zero-order chi connectivity index (χ0) is 11.1. The monoisotopic (exact) mass is 236 g/mol. The van der Waals surface area contributed by atoms with E-state index in [1.807, 2.05) is 0 Å². The molecule has 2 rings (SSSR count). The molecule has 0 aromatic heterocycles. The van der Waals surface area contributed by atoms with Gasteiger partial charge in [0.25, 0.3) is 0 Å². The number of benzene rings is 1. The fraction of sp³-hybridized carbons (Fsp3) is 0.400. The van der Waals surface area contributed by atoms with Gasteiger partial charge in [0.2, 0.25) is 0 Å². The lowest BCUT2D eigenvalue weighted by molar-refractivity contribution is -0.137. The van der Waals surface area contributed by atoms with E-state index in [9.17, 15) is 13.2 Å². The van der Waals surface area contributed by atoms with Gasteiger partial charge in [0.05, 0.1) is 16.7 Å². The molecule has 1 fully saturated rings. The summed E-state index contributed by atoms with van der Waals surface area (Å²) in [5, 5.41) is 0.0109. The third-order valence-electron chi connectivity index (χ3n) is 2.08. The minimum atomic E-state index is -4.36. The minimum absolute atomic E-state index is 0.0109. The molecule has 1 aromatic rings. The highest BCUT2D eigenvalue weighted by Crippen LogP contribution is 2.36. The van der Waals surface area contributed by atoms with Crippen molar-refractivity contribution in [2.75, 3.05) is 0 Å². The van der Waals surface area contributed by atoms with E-state index in [4.69, 9.17) is 16.3 Å². The highest BCUT2D eigenvalue weighted by molar-refractivity contribution is 6.32. The first kappa shape index (κ1) is 10.6. The number of hydrogen-bond donors (Lipinski definition) is 0. The van der Waals surface area contributed by atoms with E-state index >= 15 is 0 Å². The fourth-order valence-corrected chi connectivity index (χ4v) is 1.36. The average molecular weight is 237 g/mol. The molecule has 5 heteroatoms. The van der Waals surface area contributed by atoms with Crippen LogP contribution in [0.4, 0.5) is 13.2 Å². The Morgan fingerprint density at radius 3 is 2.40 bits per heavy atom. The Morgan fingerprint density at radius 2 is 1.93 bits per heavy atom. The summed E-state index contributed by atoms with van der Waals surface area (Å²) in [5.74, 6) is 0.326. The third kappa shape index (κ3) is 2.56. The molecule has 0 aliphatic heterocycles. The standard InChI is InChI=1S/C10H8ClF3O/c11-8-5-6(10(12,13)14)1-4-9(8)15-7-2-3-7/h1,4-5,7H,2-3H2. The lowest BCUT2D eigenvalue weighted by Crippen LogP contribution is -2.05. The van der Waals surface area contributed by atoms with Gasteiger partial charge in [-0.2, -0.15) is 13.2 Å². The van der Waals surface area contributed by atoms with Crippen molar-refractivity contribution < 1.29 is 17.9 Å². The van der Waals surface area contributed by atoms with E-state index in [0.29, 0.717) is 5.75 Å². The van der Waals surface area contributed by atoms with Gasteiger partial charge < -0.3 is 4.74 Å². The van der Waals surface area contributed by atoms with Crippen molar-refractivity contribution in [1.29, 1.82) is 0 Å². The van der Waals surface area contributed by atoms with Crippen molar-refractivity contribution >= 4 is 11.6 Å². The second kappa shape index (κ2) is 3.59. The Hall–Kier alpha value is -0.900. The normalized spacial score (nSPS) is 16.5. The highest BCUT2D eigenvalue weighted by Gasteiger charge is 2.31. The lowest BCUT2D eigenvalue weighted by Gasteiger charge is -2.10. The molecule has 0 N–H and O–H groups in total. The summed E-state index contributed by atoms with van der Waals surface area (Å²) >= 11 is 5.68. The van der Waals surface area contributed by atoms with Gasteiger partial charge in [-0.25, -0.2) is 0 Å². The molecule has 1 saturated carbocycles. The Bertz CT molecular complexity index is 371. The molecule has 0 saturated heterocycles. The zero-order valence-electron chi connectivity index (χ0n) is 7.64. The predicted octanol–water partition coefficient (Wildman–Crippen LogP) is 3.90. The second-order valence-corrected chi connectivity index (χ2v) is 3.87. The molecular weight excluding hydrogens is 229 g/mol.